The van der Waals surface area contributed by atoms with Crippen LogP contribution in [0, 0.1) is 11.6 Å². The lowest BCUT2D eigenvalue weighted by Crippen LogP contribution is -2.36. The van der Waals surface area contributed by atoms with Crippen LogP contribution in [0.5, 0.6) is 0 Å². The van der Waals surface area contributed by atoms with E-state index in [1.807, 2.05) is 42.5 Å². The van der Waals surface area contributed by atoms with Gasteiger partial charge in [0.25, 0.3) is 0 Å². The number of aromatic nitrogens is 1. The third-order valence-electron chi connectivity index (χ3n) is 4.16. The van der Waals surface area contributed by atoms with Crippen LogP contribution in [0.2, 0.25) is 0 Å². The van der Waals surface area contributed by atoms with Crippen molar-refractivity contribution in [1.29, 1.82) is 0 Å². The summed E-state index contributed by atoms with van der Waals surface area (Å²) in [5, 5.41) is 19.8. The maximum Gasteiger partial charge on any atom is 0.494 e. The summed E-state index contributed by atoms with van der Waals surface area (Å²) >= 11 is 0. The van der Waals surface area contributed by atoms with Crippen molar-refractivity contribution in [3.8, 4) is 5.69 Å². The Kier molecular flexibility index (Phi) is 3.37. The van der Waals surface area contributed by atoms with Gasteiger partial charge in [-0.1, -0.05) is 36.4 Å². The fraction of sp³-hybridized carbons (Fsp3) is 0. The highest BCUT2D eigenvalue weighted by Gasteiger charge is 2.27. The minimum atomic E-state index is -2.23. The van der Waals surface area contributed by atoms with E-state index in [2.05, 4.69) is 0 Å². The van der Waals surface area contributed by atoms with Crippen LogP contribution >= 0.6 is 0 Å². The first-order chi connectivity index (χ1) is 11.6. The number of para-hydroxylation sites is 2. The molecule has 0 saturated carbocycles. The molecule has 0 fully saturated rings. The van der Waals surface area contributed by atoms with E-state index in [1.165, 1.54) is 0 Å². The molecule has 0 spiro atoms. The summed E-state index contributed by atoms with van der Waals surface area (Å²) in [6.45, 7) is 0. The first-order valence-electron chi connectivity index (χ1n) is 7.42. The van der Waals surface area contributed by atoms with Gasteiger partial charge in [-0.3, -0.25) is 0 Å². The summed E-state index contributed by atoms with van der Waals surface area (Å²) in [4.78, 5) is 0. The maximum absolute atomic E-state index is 15.0. The van der Waals surface area contributed by atoms with Gasteiger partial charge in [0.1, 0.15) is 5.82 Å². The van der Waals surface area contributed by atoms with Crippen molar-refractivity contribution in [3.05, 3.63) is 72.3 Å². The van der Waals surface area contributed by atoms with Gasteiger partial charge in [0.2, 0.25) is 0 Å². The lowest BCUT2D eigenvalue weighted by atomic mass is 9.79. The molecule has 4 rings (SSSR count). The Morgan fingerprint density at radius 1 is 0.833 bits per heavy atom. The van der Waals surface area contributed by atoms with E-state index >= 15 is 0 Å². The third kappa shape index (κ3) is 2.04. The van der Waals surface area contributed by atoms with Crippen LogP contribution in [-0.2, 0) is 0 Å². The van der Waals surface area contributed by atoms with E-state index in [0.717, 1.165) is 6.07 Å². The van der Waals surface area contributed by atoms with Crippen molar-refractivity contribution in [1.82, 2.24) is 4.57 Å². The normalized spacial score (nSPS) is 11.3. The second kappa shape index (κ2) is 5.44. The maximum atomic E-state index is 15.0. The molecule has 118 valence electrons. The van der Waals surface area contributed by atoms with Gasteiger partial charge in [-0.2, -0.15) is 0 Å². The number of rotatable bonds is 2. The second-order valence-corrected chi connectivity index (χ2v) is 5.54. The molecule has 2 N–H and O–H groups in total. The molecule has 3 nitrogen and oxygen atoms in total. The van der Waals surface area contributed by atoms with Gasteiger partial charge in [-0.05, 0) is 24.3 Å². The van der Waals surface area contributed by atoms with Gasteiger partial charge in [-0.15, -0.1) is 0 Å². The molecule has 0 bridgehead atoms. The first kappa shape index (κ1) is 14.9. The average molecular weight is 323 g/mol. The molecular weight excluding hydrogens is 311 g/mol. The van der Waals surface area contributed by atoms with Crippen molar-refractivity contribution in [2.75, 3.05) is 0 Å². The Bertz CT molecular complexity index is 1060. The zero-order valence-electron chi connectivity index (χ0n) is 12.4. The number of halogens is 2. The van der Waals surface area contributed by atoms with Crippen molar-refractivity contribution < 1.29 is 18.8 Å². The highest BCUT2D eigenvalue weighted by atomic mass is 19.1. The van der Waals surface area contributed by atoms with E-state index in [0.29, 0.717) is 22.0 Å². The topological polar surface area (TPSA) is 45.4 Å². The standard InChI is InChI=1S/C18H12BF2NO2/c20-14-10-13-12-8-4-5-9-15(12)22(11-6-2-1-3-7-11)18(13)17(21)16(14)19(23)24/h1-10,23-24H. The zero-order valence-corrected chi connectivity index (χ0v) is 12.4. The number of fused-ring (bicyclic) bond motifs is 3. The predicted molar refractivity (Wildman–Crippen MR) is 90.5 cm³/mol. The van der Waals surface area contributed by atoms with Crippen molar-refractivity contribution >= 4 is 34.4 Å². The summed E-state index contributed by atoms with van der Waals surface area (Å²) in [7, 11) is -2.23. The Morgan fingerprint density at radius 3 is 2.21 bits per heavy atom. The molecule has 0 aliphatic heterocycles. The van der Waals surface area contributed by atoms with Crippen molar-refractivity contribution in [2.45, 2.75) is 0 Å². The number of hydrogen-bond donors (Lipinski definition) is 2. The Balaban J connectivity index is 2.26. The highest BCUT2D eigenvalue weighted by Crippen LogP contribution is 2.33. The van der Waals surface area contributed by atoms with Crippen LogP contribution in [0.15, 0.2) is 60.7 Å². The van der Waals surface area contributed by atoms with Gasteiger partial charge in [0, 0.05) is 16.5 Å². The predicted octanol–water partition coefficient (Wildman–Crippen LogP) is 2.74. The summed E-state index contributed by atoms with van der Waals surface area (Å²) < 4.78 is 30.8. The van der Waals surface area contributed by atoms with Crippen LogP contribution < -0.4 is 5.46 Å². The molecule has 0 unspecified atom stereocenters. The highest BCUT2D eigenvalue weighted by molar-refractivity contribution is 6.59. The minimum Gasteiger partial charge on any atom is -0.423 e. The van der Waals surface area contributed by atoms with Gasteiger partial charge in [-0.25, -0.2) is 8.78 Å². The number of hydrogen-bond acceptors (Lipinski definition) is 2. The van der Waals surface area contributed by atoms with E-state index < -0.39 is 24.2 Å². The molecule has 3 aromatic carbocycles. The van der Waals surface area contributed by atoms with E-state index in [-0.39, 0.29) is 5.52 Å². The number of benzene rings is 3. The molecular formula is C18H12BF2NO2. The third-order valence-corrected chi connectivity index (χ3v) is 4.16. The summed E-state index contributed by atoms with van der Waals surface area (Å²) in [6.07, 6.45) is 0. The molecule has 0 aliphatic carbocycles. The smallest absolute Gasteiger partial charge is 0.423 e. The zero-order chi connectivity index (χ0) is 16.8. The average Bonchev–Trinajstić information content (AvgIpc) is 2.90. The SMILES string of the molecule is OB(O)c1c(F)cc2c3ccccc3n(-c3ccccc3)c2c1F. The lowest BCUT2D eigenvalue weighted by molar-refractivity contribution is 0.420. The van der Waals surface area contributed by atoms with E-state index in [9.17, 15) is 18.8 Å². The summed E-state index contributed by atoms with van der Waals surface area (Å²) in [5.41, 5.74) is 0.781. The molecule has 6 heteroatoms. The van der Waals surface area contributed by atoms with Crippen LogP contribution in [0.3, 0.4) is 0 Å². The van der Waals surface area contributed by atoms with Crippen LogP contribution in [0.4, 0.5) is 8.78 Å². The summed E-state index contributed by atoms with van der Waals surface area (Å²) in [5.74, 6) is -1.95. The van der Waals surface area contributed by atoms with Crippen molar-refractivity contribution in [2.24, 2.45) is 0 Å². The summed E-state index contributed by atoms with van der Waals surface area (Å²) in [6, 6.07) is 17.5. The molecule has 1 aromatic heterocycles. The molecule has 0 aliphatic rings. The molecule has 0 radical (unpaired) electrons. The Hall–Kier alpha value is -2.70. The van der Waals surface area contributed by atoms with E-state index in [1.54, 1.807) is 16.7 Å². The Morgan fingerprint density at radius 2 is 1.50 bits per heavy atom. The van der Waals surface area contributed by atoms with Crippen LogP contribution in [-0.4, -0.2) is 21.7 Å². The van der Waals surface area contributed by atoms with Gasteiger partial charge in [0.05, 0.1) is 16.5 Å². The quantitative estimate of drug-likeness (QED) is 0.557. The lowest BCUT2D eigenvalue weighted by Gasteiger charge is -2.10. The van der Waals surface area contributed by atoms with Crippen LogP contribution in [0.1, 0.15) is 0 Å². The van der Waals surface area contributed by atoms with Crippen LogP contribution in [0.25, 0.3) is 27.5 Å². The molecule has 4 aromatic rings. The largest absolute Gasteiger partial charge is 0.494 e. The molecule has 0 atom stereocenters. The molecule has 1 heterocycles. The van der Waals surface area contributed by atoms with E-state index in [4.69, 9.17) is 0 Å². The number of nitrogens with zero attached hydrogens (tertiary/aromatic N) is 1. The molecule has 0 amide bonds. The fourth-order valence-electron chi connectivity index (χ4n) is 3.15. The van der Waals surface area contributed by atoms with Gasteiger partial charge in [0.15, 0.2) is 5.82 Å². The Labute approximate surface area is 136 Å². The monoisotopic (exact) mass is 323 g/mol. The second-order valence-electron chi connectivity index (χ2n) is 5.54. The molecule has 0 saturated heterocycles. The first-order valence-corrected chi connectivity index (χ1v) is 7.42. The van der Waals surface area contributed by atoms with Gasteiger partial charge >= 0.3 is 7.12 Å². The van der Waals surface area contributed by atoms with Gasteiger partial charge < -0.3 is 14.6 Å². The fourth-order valence-corrected chi connectivity index (χ4v) is 3.15. The minimum absolute atomic E-state index is 0.118. The van der Waals surface area contributed by atoms with Crippen molar-refractivity contribution in [3.63, 3.8) is 0 Å². The molecule has 24 heavy (non-hydrogen) atoms.